The molecule has 4 aromatic rings. The number of imidazole rings is 1. The largest absolute Gasteiger partial charge is 0.384 e. The summed E-state index contributed by atoms with van der Waals surface area (Å²) in [7, 11) is 3.42. The molecule has 38 heavy (non-hydrogen) atoms. The first-order chi connectivity index (χ1) is 18.5. The van der Waals surface area contributed by atoms with Crippen molar-refractivity contribution in [3.8, 4) is 0 Å². The van der Waals surface area contributed by atoms with Crippen molar-refractivity contribution in [1.82, 2.24) is 29.7 Å². The van der Waals surface area contributed by atoms with Gasteiger partial charge in [0, 0.05) is 57.9 Å². The fourth-order valence-electron chi connectivity index (χ4n) is 5.38. The lowest BCUT2D eigenvalue weighted by Gasteiger charge is -2.24. The second-order valence-electron chi connectivity index (χ2n) is 9.68. The number of anilines is 1. The summed E-state index contributed by atoms with van der Waals surface area (Å²) in [5.74, 6) is 0.757. The summed E-state index contributed by atoms with van der Waals surface area (Å²) in [6.45, 7) is 1.80. The summed E-state index contributed by atoms with van der Waals surface area (Å²) in [4.78, 5) is 40.7. The standard InChI is InChI=1S/C28H33N7O3/c1-34-23(36)16-20(25(34)18-8-7-12-30-17-18)28(37)31-13-5-6-14-35-22(11-15-38-2)33-24-26(35)19-9-3-4-10-21(19)32-27(24)29/h3-4,7-10,12,17,20,25H,5-6,11,13-16H2,1-2H3,(H2,29,32)(H,31,37)/t20-,25+/m0/s1. The Morgan fingerprint density at radius 1 is 1.18 bits per heavy atom. The summed E-state index contributed by atoms with van der Waals surface area (Å²) in [5, 5.41) is 4.07. The minimum atomic E-state index is -0.434. The van der Waals surface area contributed by atoms with Gasteiger partial charge in [0.05, 0.1) is 29.6 Å². The number of benzene rings is 1. The van der Waals surface area contributed by atoms with Crippen LogP contribution in [0.1, 0.15) is 36.7 Å². The number of methoxy groups -OCH3 is 1. The first-order valence-electron chi connectivity index (χ1n) is 12.9. The van der Waals surface area contributed by atoms with Gasteiger partial charge < -0.3 is 25.3 Å². The third-order valence-corrected chi connectivity index (χ3v) is 7.28. The molecule has 1 saturated heterocycles. The molecule has 0 saturated carbocycles. The molecule has 1 aromatic carbocycles. The number of nitrogens with zero attached hydrogens (tertiary/aromatic N) is 5. The van der Waals surface area contributed by atoms with E-state index >= 15 is 0 Å². The van der Waals surface area contributed by atoms with Crippen LogP contribution in [0.4, 0.5) is 5.82 Å². The number of amides is 2. The van der Waals surface area contributed by atoms with Crippen molar-refractivity contribution in [3.05, 3.63) is 60.2 Å². The number of pyridine rings is 2. The Morgan fingerprint density at radius 2 is 2.03 bits per heavy atom. The monoisotopic (exact) mass is 515 g/mol. The van der Waals surface area contributed by atoms with Gasteiger partial charge in [0.15, 0.2) is 5.82 Å². The normalized spacial score (nSPS) is 17.5. The van der Waals surface area contributed by atoms with Gasteiger partial charge in [-0.15, -0.1) is 0 Å². The van der Waals surface area contributed by atoms with E-state index in [4.69, 9.17) is 15.5 Å². The van der Waals surface area contributed by atoms with E-state index in [0.717, 1.165) is 47.2 Å². The van der Waals surface area contributed by atoms with Crippen LogP contribution in [0, 0.1) is 5.92 Å². The highest BCUT2D eigenvalue weighted by molar-refractivity contribution is 6.06. The zero-order chi connectivity index (χ0) is 26.6. The minimum Gasteiger partial charge on any atom is -0.384 e. The molecule has 0 spiro atoms. The minimum absolute atomic E-state index is 0.0319. The number of aromatic nitrogens is 4. The topological polar surface area (TPSA) is 128 Å². The number of carbonyl (C=O) groups excluding carboxylic acids is 2. The van der Waals surface area contributed by atoms with E-state index in [1.165, 1.54) is 0 Å². The molecule has 0 unspecified atom stereocenters. The molecule has 5 rings (SSSR count). The summed E-state index contributed by atoms with van der Waals surface area (Å²) in [6, 6.07) is 11.4. The SMILES string of the molecule is COCCc1nc2c(N)nc3ccccc3c2n1CCCCNC(=O)[C@H]1CC(=O)N(C)[C@@H]1c1cccnc1. The van der Waals surface area contributed by atoms with Gasteiger partial charge in [-0.25, -0.2) is 9.97 Å². The van der Waals surface area contributed by atoms with Crippen molar-refractivity contribution < 1.29 is 14.3 Å². The Kier molecular flexibility index (Phi) is 7.50. The fourth-order valence-corrected chi connectivity index (χ4v) is 5.38. The molecule has 0 aliphatic carbocycles. The molecular weight excluding hydrogens is 482 g/mol. The van der Waals surface area contributed by atoms with E-state index in [-0.39, 0.29) is 24.3 Å². The number of para-hydroxylation sites is 1. The van der Waals surface area contributed by atoms with Gasteiger partial charge in [0.1, 0.15) is 11.3 Å². The second-order valence-corrected chi connectivity index (χ2v) is 9.68. The van der Waals surface area contributed by atoms with Gasteiger partial charge in [-0.3, -0.25) is 14.6 Å². The van der Waals surface area contributed by atoms with E-state index in [2.05, 4.69) is 19.9 Å². The van der Waals surface area contributed by atoms with Crippen LogP contribution in [0.3, 0.4) is 0 Å². The Labute approximate surface area is 221 Å². The Bertz CT molecular complexity index is 1450. The zero-order valence-electron chi connectivity index (χ0n) is 21.8. The molecule has 3 aromatic heterocycles. The number of hydrogen-bond acceptors (Lipinski definition) is 7. The van der Waals surface area contributed by atoms with Crippen molar-refractivity contribution in [2.45, 2.75) is 38.3 Å². The number of carbonyl (C=O) groups is 2. The summed E-state index contributed by atoms with van der Waals surface area (Å²) in [6.07, 6.45) is 5.89. The molecule has 1 aliphatic rings. The molecule has 10 nitrogen and oxygen atoms in total. The number of nitrogen functional groups attached to an aromatic ring is 1. The molecule has 2 amide bonds. The Hall–Kier alpha value is -4.05. The third kappa shape index (κ3) is 4.91. The number of fused-ring (bicyclic) bond motifs is 3. The van der Waals surface area contributed by atoms with Crippen LogP contribution >= 0.6 is 0 Å². The van der Waals surface area contributed by atoms with Crippen molar-refractivity contribution >= 4 is 39.6 Å². The van der Waals surface area contributed by atoms with Gasteiger partial charge in [-0.2, -0.15) is 0 Å². The van der Waals surface area contributed by atoms with Gasteiger partial charge in [0.2, 0.25) is 11.8 Å². The van der Waals surface area contributed by atoms with Crippen LogP contribution in [-0.4, -0.2) is 63.5 Å². The van der Waals surface area contributed by atoms with Crippen LogP contribution in [0.15, 0.2) is 48.8 Å². The summed E-state index contributed by atoms with van der Waals surface area (Å²) >= 11 is 0. The van der Waals surface area contributed by atoms with Crippen molar-refractivity contribution in [1.29, 1.82) is 0 Å². The van der Waals surface area contributed by atoms with Crippen LogP contribution in [0.5, 0.6) is 0 Å². The van der Waals surface area contributed by atoms with E-state index in [9.17, 15) is 9.59 Å². The lowest BCUT2D eigenvalue weighted by Crippen LogP contribution is -2.35. The Morgan fingerprint density at radius 3 is 2.82 bits per heavy atom. The average molecular weight is 516 g/mol. The highest BCUT2D eigenvalue weighted by atomic mass is 16.5. The first-order valence-corrected chi connectivity index (χ1v) is 12.9. The van der Waals surface area contributed by atoms with Gasteiger partial charge in [-0.05, 0) is 30.5 Å². The molecule has 1 aliphatic heterocycles. The summed E-state index contributed by atoms with van der Waals surface area (Å²) in [5.41, 5.74) is 9.68. The molecule has 4 heterocycles. The maximum absolute atomic E-state index is 13.1. The first kappa shape index (κ1) is 25.6. The van der Waals surface area contributed by atoms with Gasteiger partial charge >= 0.3 is 0 Å². The fraction of sp³-hybridized carbons (Fsp3) is 0.393. The summed E-state index contributed by atoms with van der Waals surface area (Å²) < 4.78 is 7.52. The van der Waals surface area contributed by atoms with E-state index in [1.807, 2.05) is 36.4 Å². The molecule has 0 bridgehead atoms. The van der Waals surface area contributed by atoms with Gasteiger partial charge in [0.25, 0.3) is 0 Å². The number of hydrogen-bond donors (Lipinski definition) is 2. The van der Waals surface area contributed by atoms with E-state index in [0.29, 0.717) is 30.9 Å². The van der Waals surface area contributed by atoms with Crippen molar-refractivity contribution in [2.75, 3.05) is 33.0 Å². The molecule has 198 valence electrons. The number of unbranched alkanes of at least 4 members (excludes halogenated alkanes) is 1. The lowest BCUT2D eigenvalue weighted by atomic mass is 9.94. The van der Waals surface area contributed by atoms with Crippen LogP contribution in [-0.2, 0) is 27.3 Å². The predicted octanol–water partition coefficient (Wildman–Crippen LogP) is 2.87. The van der Waals surface area contributed by atoms with E-state index in [1.54, 1.807) is 31.5 Å². The number of aryl methyl sites for hydroxylation is 1. The number of rotatable bonds is 10. The molecule has 3 N–H and O–H groups in total. The lowest BCUT2D eigenvalue weighted by molar-refractivity contribution is -0.128. The maximum Gasteiger partial charge on any atom is 0.226 e. The molecule has 0 radical (unpaired) electrons. The average Bonchev–Trinajstić information content (AvgIpc) is 3.45. The molecule has 2 atom stereocenters. The molecule has 1 fully saturated rings. The quantitative estimate of drug-likeness (QED) is 0.311. The predicted molar refractivity (Wildman–Crippen MR) is 145 cm³/mol. The van der Waals surface area contributed by atoms with E-state index < -0.39 is 5.92 Å². The smallest absolute Gasteiger partial charge is 0.226 e. The number of ether oxygens (including phenoxy) is 1. The van der Waals surface area contributed by atoms with Gasteiger partial charge in [-0.1, -0.05) is 24.3 Å². The molecule has 10 heteroatoms. The Balaban J connectivity index is 1.26. The number of likely N-dealkylation sites (tertiary alicyclic amines) is 1. The van der Waals surface area contributed by atoms with Crippen LogP contribution in [0.25, 0.3) is 21.9 Å². The zero-order valence-corrected chi connectivity index (χ0v) is 21.8. The molecular formula is C28H33N7O3. The number of nitrogens with one attached hydrogen (secondary N) is 1. The van der Waals surface area contributed by atoms with Crippen molar-refractivity contribution in [2.24, 2.45) is 5.92 Å². The van der Waals surface area contributed by atoms with Crippen LogP contribution < -0.4 is 11.1 Å². The highest BCUT2D eigenvalue weighted by Gasteiger charge is 2.42. The van der Waals surface area contributed by atoms with Crippen molar-refractivity contribution in [3.63, 3.8) is 0 Å². The van der Waals surface area contributed by atoms with Crippen LogP contribution in [0.2, 0.25) is 0 Å². The number of nitrogens with two attached hydrogens (primary N) is 1. The maximum atomic E-state index is 13.1. The highest BCUT2D eigenvalue weighted by Crippen LogP contribution is 2.36. The second kappa shape index (κ2) is 11.1. The third-order valence-electron chi connectivity index (χ3n) is 7.28.